The minimum absolute atomic E-state index is 0.318. The first-order valence-corrected chi connectivity index (χ1v) is 5.48. The molecule has 2 heteroatoms. The molecule has 1 aromatic rings. The molecule has 0 aliphatic carbocycles. The van der Waals surface area contributed by atoms with Crippen LogP contribution in [0.4, 0.5) is 0 Å². The average molecular weight is 242 g/mol. The second-order valence-electron chi connectivity index (χ2n) is 3.39. The fourth-order valence-electron chi connectivity index (χ4n) is 0.939. The van der Waals surface area contributed by atoms with Crippen molar-refractivity contribution in [1.82, 2.24) is 0 Å². The minimum Gasteiger partial charge on any atom is -0.478 e. The molecule has 0 saturated carbocycles. The lowest BCUT2D eigenvalue weighted by molar-refractivity contribution is -0.132. The van der Waals surface area contributed by atoms with Gasteiger partial charge in [0.1, 0.15) is 0 Å². The Bertz CT molecular complexity index is 439. The molecule has 0 unspecified atom stereocenters. The Labute approximate surface area is 108 Å². The van der Waals surface area contributed by atoms with E-state index in [1.165, 1.54) is 18.6 Å². The van der Waals surface area contributed by atoms with E-state index in [0.717, 1.165) is 0 Å². The predicted octanol–water partition coefficient (Wildman–Crippen LogP) is 4.09. The highest BCUT2D eigenvalue weighted by Gasteiger charge is 1.94. The maximum Gasteiger partial charge on any atom is 0.331 e. The number of hydrogen-bond acceptors (Lipinski definition) is 1. The summed E-state index contributed by atoms with van der Waals surface area (Å²) in [5.41, 5.74) is 1.49. The van der Waals surface area contributed by atoms with Crippen LogP contribution in [-0.2, 0) is 4.79 Å². The van der Waals surface area contributed by atoms with Gasteiger partial charge >= 0.3 is 5.97 Å². The zero-order valence-electron chi connectivity index (χ0n) is 10.5. The van der Waals surface area contributed by atoms with E-state index in [4.69, 9.17) is 5.11 Å². The first kappa shape index (κ1) is 15.7. The summed E-state index contributed by atoms with van der Waals surface area (Å²) in [7, 11) is 0. The van der Waals surface area contributed by atoms with Crippen LogP contribution >= 0.6 is 0 Å². The maximum atomic E-state index is 10.2. The molecule has 0 bridgehead atoms. The molecule has 0 heterocycles. The molecule has 0 aliphatic heterocycles. The minimum atomic E-state index is -0.895. The average Bonchev–Trinajstić information content (AvgIpc) is 2.40. The van der Waals surface area contributed by atoms with Gasteiger partial charge < -0.3 is 5.11 Å². The molecule has 0 fully saturated rings. The molecule has 94 valence electrons. The first-order chi connectivity index (χ1) is 8.61. The quantitative estimate of drug-likeness (QED) is 0.637. The molecule has 0 aliphatic rings. The van der Waals surface area contributed by atoms with Gasteiger partial charge in [-0.15, -0.1) is 0 Å². The van der Waals surface area contributed by atoms with Crippen LogP contribution in [0.5, 0.6) is 0 Å². The van der Waals surface area contributed by atoms with Gasteiger partial charge in [-0.1, -0.05) is 73.9 Å². The Kier molecular flexibility index (Phi) is 8.56. The van der Waals surface area contributed by atoms with Gasteiger partial charge in [-0.05, 0) is 12.5 Å². The standard InChI is InChI=1S/C8H10O2.C8H8/c1-3-4-5-6-7(2)8(9)10;1-2-8-6-4-3-5-7-8/h3-6H,1H2,2H3,(H,9,10);2-7H,1H2. The molecule has 0 spiro atoms. The van der Waals surface area contributed by atoms with Crippen LogP contribution < -0.4 is 0 Å². The van der Waals surface area contributed by atoms with Crippen molar-refractivity contribution in [1.29, 1.82) is 0 Å². The lowest BCUT2D eigenvalue weighted by atomic mass is 10.2. The summed E-state index contributed by atoms with van der Waals surface area (Å²) in [6, 6.07) is 10.0. The summed E-state index contributed by atoms with van der Waals surface area (Å²) in [6.07, 6.45) is 8.25. The Balaban J connectivity index is 0.000000327. The van der Waals surface area contributed by atoms with Gasteiger partial charge in [0, 0.05) is 5.57 Å². The van der Waals surface area contributed by atoms with Crippen LogP contribution in [0.15, 0.2) is 73.4 Å². The summed E-state index contributed by atoms with van der Waals surface area (Å²) in [4.78, 5) is 10.2. The number of carbonyl (C=O) groups is 1. The number of carboxylic acid groups (broad SMARTS) is 1. The van der Waals surface area contributed by atoms with Gasteiger partial charge in [-0.3, -0.25) is 0 Å². The molecule has 1 N–H and O–H groups in total. The van der Waals surface area contributed by atoms with Crippen molar-refractivity contribution in [2.24, 2.45) is 0 Å². The van der Waals surface area contributed by atoms with Gasteiger partial charge in [0.25, 0.3) is 0 Å². The number of hydrogen-bond donors (Lipinski definition) is 1. The van der Waals surface area contributed by atoms with E-state index in [9.17, 15) is 4.79 Å². The second kappa shape index (κ2) is 9.85. The summed E-state index contributed by atoms with van der Waals surface area (Å²) in [5.74, 6) is -0.895. The Morgan fingerprint density at radius 1 is 1.17 bits per heavy atom. The lowest BCUT2D eigenvalue weighted by Gasteiger charge is -1.85. The highest BCUT2D eigenvalue weighted by atomic mass is 16.4. The van der Waals surface area contributed by atoms with Gasteiger partial charge in [-0.25, -0.2) is 4.79 Å². The summed E-state index contributed by atoms with van der Waals surface area (Å²) < 4.78 is 0. The van der Waals surface area contributed by atoms with Crippen molar-refractivity contribution in [3.63, 3.8) is 0 Å². The second-order valence-corrected chi connectivity index (χ2v) is 3.39. The number of aliphatic carboxylic acids is 1. The molecule has 0 aromatic heterocycles. The normalized spacial score (nSPS) is 10.4. The van der Waals surface area contributed by atoms with Crippen molar-refractivity contribution in [3.05, 3.63) is 78.9 Å². The molecular weight excluding hydrogens is 224 g/mol. The fraction of sp³-hybridized carbons (Fsp3) is 0.0625. The smallest absolute Gasteiger partial charge is 0.331 e. The van der Waals surface area contributed by atoms with Crippen LogP contribution in [0.2, 0.25) is 0 Å². The third-order valence-corrected chi connectivity index (χ3v) is 1.97. The molecule has 0 amide bonds. The molecule has 18 heavy (non-hydrogen) atoms. The van der Waals surface area contributed by atoms with Crippen molar-refractivity contribution < 1.29 is 9.90 Å². The van der Waals surface area contributed by atoms with Crippen LogP contribution in [0.25, 0.3) is 6.08 Å². The first-order valence-electron chi connectivity index (χ1n) is 5.48. The molecule has 1 rings (SSSR count). The van der Waals surface area contributed by atoms with Crippen LogP contribution in [0.1, 0.15) is 12.5 Å². The number of benzene rings is 1. The van der Waals surface area contributed by atoms with E-state index < -0.39 is 5.97 Å². The van der Waals surface area contributed by atoms with Gasteiger partial charge in [0.2, 0.25) is 0 Å². The van der Waals surface area contributed by atoms with Crippen molar-refractivity contribution in [3.8, 4) is 0 Å². The fourth-order valence-corrected chi connectivity index (χ4v) is 0.939. The molecular formula is C16H18O2. The summed E-state index contributed by atoms with van der Waals surface area (Å²) in [6.45, 7) is 8.61. The zero-order chi connectivity index (χ0) is 13.8. The highest BCUT2D eigenvalue weighted by molar-refractivity contribution is 5.86. The monoisotopic (exact) mass is 242 g/mol. The van der Waals surface area contributed by atoms with Crippen LogP contribution in [-0.4, -0.2) is 11.1 Å². The lowest BCUT2D eigenvalue weighted by Crippen LogP contribution is -1.94. The van der Waals surface area contributed by atoms with E-state index in [2.05, 4.69) is 13.2 Å². The van der Waals surface area contributed by atoms with E-state index in [1.54, 1.807) is 18.2 Å². The molecule has 0 atom stereocenters. The van der Waals surface area contributed by atoms with E-state index in [1.807, 2.05) is 36.4 Å². The SMILES string of the molecule is C=CC=CC=C(C)C(=O)O.C=Cc1ccccc1. The van der Waals surface area contributed by atoms with Crippen molar-refractivity contribution >= 4 is 12.0 Å². The highest BCUT2D eigenvalue weighted by Crippen LogP contribution is 1.97. The van der Waals surface area contributed by atoms with Gasteiger partial charge in [-0.2, -0.15) is 0 Å². The largest absolute Gasteiger partial charge is 0.478 e. The molecule has 1 aromatic carbocycles. The Hall–Kier alpha value is -2.35. The van der Waals surface area contributed by atoms with Gasteiger partial charge in [0.15, 0.2) is 0 Å². The van der Waals surface area contributed by atoms with Crippen molar-refractivity contribution in [2.75, 3.05) is 0 Å². The molecule has 0 saturated heterocycles. The molecule has 0 radical (unpaired) electrons. The third kappa shape index (κ3) is 7.88. The van der Waals surface area contributed by atoms with Gasteiger partial charge in [0.05, 0.1) is 0 Å². The summed E-state index contributed by atoms with van der Waals surface area (Å²) >= 11 is 0. The van der Waals surface area contributed by atoms with Crippen LogP contribution in [0.3, 0.4) is 0 Å². The third-order valence-electron chi connectivity index (χ3n) is 1.97. The van der Waals surface area contributed by atoms with E-state index in [-0.39, 0.29) is 0 Å². The van der Waals surface area contributed by atoms with E-state index >= 15 is 0 Å². The predicted molar refractivity (Wildman–Crippen MR) is 77.3 cm³/mol. The van der Waals surface area contributed by atoms with Crippen LogP contribution in [0, 0.1) is 0 Å². The number of carboxylic acids is 1. The van der Waals surface area contributed by atoms with E-state index in [0.29, 0.717) is 5.57 Å². The topological polar surface area (TPSA) is 37.3 Å². The molecule has 2 nitrogen and oxygen atoms in total. The summed E-state index contributed by atoms with van der Waals surface area (Å²) in [5, 5.41) is 8.35. The Morgan fingerprint density at radius 2 is 1.78 bits per heavy atom. The number of rotatable bonds is 4. The number of allylic oxidation sites excluding steroid dienone is 4. The van der Waals surface area contributed by atoms with Crippen molar-refractivity contribution in [2.45, 2.75) is 6.92 Å². The Morgan fingerprint density at radius 3 is 2.17 bits per heavy atom. The maximum absolute atomic E-state index is 10.2. The zero-order valence-corrected chi connectivity index (χ0v) is 10.5.